The second-order valence-corrected chi connectivity index (χ2v) is 7.34. The monoisotopic (exact) mass is 301 g/mol. The van der Waals surface area contributed by atoms with Crippen molar-refractivity contribution in [1.29, 1.82) is 0 Å². The largest absolute Gasteiger partial charge is 0.381 e. The van der Waals surface area contributed by atoms with Gasteiger partial charge >= 0.3 is 0 Å². The van der Waals surface area contributed by atoms with Gasteiger partial charge in [-0.3, -0.25) is 4.90 Å². The van der Waals surface area contributed by atoms with Crippen molar-refractivity contribution in [3.05, 3.63) is 35.9 Å². The van der Waals surface area contributed by atoms with Crippen LogP contribution in [0.15, 0.2) is 30.3 Å². The van der Waals surface area contributed by atoms with Gasteiger partial charge in [0.1, 0.15) is 0 Å². The van der Waals surface area contributed by atoms with Crippen molar-refractivity contribution in [3.8, 4) is 0 Å². The Morgan fingerprint density at radius 1 is 1.14 bits per heavy atom. The molecule has 0 bridgehead atoms. The van der Waals surface area contributed by atoms with Crippen LogP contribution in [0.1, 0.15) is 31.2 Å². The third-order valence-electron chi connectivity index (χ3n) is 5.49. The van der Waals surface area contributed by atoms with Gasteiger partial charge in [-0.1, -0.05) is 30.3 Å². The fourth-order valence-corrected chi connectivity index (χ4v) is 3.97. The van der Waals surface area contributed by atoms with Gasteiger partial charge in [-0.15, -0.1) is 0 Å². The average molecular weight is 301 g/mol. The van der Waals surface area contributed by atoms with E-state index in [9.17, 15) is 0 Å². The smallest absolute Gasteiger partial charge is 0.0964 e. The third-order valence-corrected chi connectivity index (χ3v) is 5.49. The second-order valence-electron chi connectivity index (χ2n) is 7.34. The Balaban J connectivity index is 1.23. The van der Waals surface area contributed by atoms with Crippen LogP contribution in [0.3, 0.4) is 0 Å². The molecular weight excluding hydrogens is 274 g/mol. The molecule has 2 heterocycles. The molecule has 3 heteroatoms. The molecule has 3 nitrogen and oxygen atoms in total. The lowest BCUT2D eigenvalue weighted by molar-refractivity contribution is -0.139. The minimum atomic E-state index is 0.137. The molecule has 1 spiro atoms. The van der Waals surface area contributed by atoms with Crippen LogP contribution in [0, 0.1) is 11.8 Å². The number of nitrogens with zero attached hydrogens (tertiary/aromatic N) is 1. The summed E-state index contributed by atoms with van der Waals surface area (Å²) in [5.41, 5.74) is 1.54. The molecule has 0 amide bonds. The van der Waals surface area contributed by atoms with E-state index in [1.165, 1.54) is 31.2 Å². The van der Waals surface area contributed by atoms with Gasteiger partial charge in [0.15, 0.2) is 0 Å². The molecule has 1 aromatic carbocycles. The fourth-order valence-electron chi connectivity index (χ4n) is 3.97. The summed E-state index contributed by atoms with van der Waals surface area (Å²) in [6, 6.07) is 10.8. The maximum atomic E-state index is 6.15. The Kier molecular flexibility index (Phi) is 4.21. The molecule has 4 rings (SSSR count). The first-order valence-corrected chi connectivity index (χ1v) is 8.82. The summed E-state index contributed by atoms with van der Waals surface area (Å²) in [6.07, 6.45) is 5.15. The van der Waals surface area contributed by atoms with E-state index in [-0.39, 0.29) is 5.60 Å². The highest BCUT2D eigenvalue weighted by molar-refractivity contribution is 5.16. The third kappa shape index (κ3) is 3.22. The number of benzene rings is 1. The maximum Gasteiger partial charge on any atom is 0.0964 e. The highest BCUT2D eigenvalue weighted by Gasteiger charge is 2.52. The summed E-state index contributed by atoms with van der Waals surface area (Å²) in [7, 11) is 0. The first-order valence-electron chi connectivity index (χ1n) is 8.82. The minimum Gasteiger partial charge on any atom is -0.381 e. The molecule has 0 N–H and O–H groups in total. The number of likely N-dealkylation sites (tertiary alicyclic amines) is 1. The van der Waals surface area contributed by atoms with E-state index in [0.717, 1.165) is 45.4 Å². The molecule has 0 unspecified atom stereocenters. The van der Waals surface area contributed by atoms with Crippen LogP contribution in [0.5, 0.6) is 0 Å². The van der Waals surface area contributed by atoms with Crippen LogP contribution in [-0.2, 0) is 16.0 Å². The molecule has 0 radical (unpaired) electrons. The second kappa shape index (κ2) is 6.31. The van der Waals surface area contributed by atoms with Crippen LogP contribution in [0.2, 0.25) is 0 Å². The molecule has 2 aliphatic heterocycles. The lowest BCUT2D eigenvalue weighted by atomic mass is 9.79. The van der Waals surface area contributed by atoms with Gasteiger partial charge in [0, 0.05) is 39.5 Å². The zero-order valence-electron chi connectivity index (χ0n) is 13.4. The molecule has 1 saturated carbocycles. The SMILES string of the molecule is c1ccc(CN2CC3(C2)OCC[C@H]3CCOCC2CC2)cc1. The van der Waals surface area contributed by atoms with Gasteiger partial charge in [0.25, 0.3) is 0 Å². The Bertz CT molecular complexity index is 479. The van der Waals surface area contributed by atoms with E-state index < -0.39 is 0 Å². The summed E-state index contributed by atoms with van der Waals surface area (Å²) in [5.74, 6) is 1.57. The van der Waals surface area contributed by atoms with E-state index in [4.69, 9.17) is 9.47 Å². The van der Waals surface area contributed by atoms with Gasteiger partial charge in [-0.05, 0) is 43.1 Å². The summed E-state index contributed by atoms with van der Waals surface area (Å²) in [4.78, 5) is 2.51. The normalized spacial score (nSPS) is 27.2. The van der Waals surface area contributed by atoms with Crippen molar-refractivity contribution in [2.75, 3.05) is 32.9 Å². The van der Waals surface area contributed by atoms with Crippen molar-refractivity contribution >= 4 is 0 Å². The van der Waals surface area contributed by atoms with Crippen molar-refractivity contribution < 1.29 is 9.47 Å². The number of ether oxygens (including phenoxy) is 2. The summed E-state index contributed by atoms with van der Waals surface area (Å²) < 4.78 is 12.0. The van der Waals surface area contributed by atoms with Crippen molar-refractivity contribution in [1.82, 2.24) is 4.90 Å². The van der Waals surface area contributed by atoms with Crippen molar-refractivity contribution in [2.45, 2.75) is 37.8 Å². The Hall–Kier alpha value is -0.900. The molecule has 0 aromatic heterocycles. The van der Waals surface area contributed by atoms with Gasteiger partial charge in [0.05, 0.1) is 5.60 Å². The molecule has 2 saturated heterocycles. The Morgan fingerprint density at radius 3 is 2.73 bits per heavy atom. The van der Waals surface area contributed by atoms with Gasteiger partial charge in [-0.2, -0.15) is 0 Å². The van der Waals surface area contributed by atoms with Gasteiger partial charge < -0.3 is 9.47 Å². The number of hydrogen-bond acceptors (Lipinski definition) is 3. The van der Waals surface area contributed by atoms with Crippen LogP contribution in [0.4, 0.5) is 0 Å². The number of hydrogen-bond donors (Lipinski definition) is 0. The van der Waals surface area contributed by atoms with E-state index in [1.807, 2.05) is 0 Å². The predicted molar refractivity (Wildman–Crippen MR) is 86.7 cm³/mol. The lowest BCUT2D eigenvalue weighted by Gasteiger charge is -2.50. The standard InChI is InChI=1S/C19H27NO2/c1-2-4-16(5-3-1)12-20-14-19(15-20)18(9-11-22-19)8-10-21-13-17-6-7-17/h1-5,17-18H,6-15H2/t18-/m1/s1. The van der Waals surface area contributed by atoms with Crippen LogP contribution < -0.4 is 0 Å². The maximum absolute atomic E-state index is 6.15. The first-order chi connectivity index (χ1) is 10.8. The van der Waals surface area contributed by atoms with Gasteiger partial charge in [-0.25, -0.2) is 0 Å². The van der Waals surface area contributed by atoms with E-state index in [2.05, 4.69) is 35.2 Å². The topological polar surface area (TPSA) is 21.7 Å². The zero-order chi connectivity index (χ0) is 14.8. The first kappa shape index (κ1) is 14.7. The van der Waals surface area contributed by atoms with Crippen LogP contribution in [0.25, 0.3) is 0 Å². The van der Waals surface area contributed by atoms with Crippen LogP contribution in [-0.4, -0.2) is 43.4 Å². The minimum absolute atomic E-state index is 0.137. The zero-order valence-corrected chi connectivity index (χ0v) is 13.4. The molecule has 120 valence electrons. The quantitative estimate of drug-likeness (QED) is 0.722. The Morgan fingerprint density at radius 2 is 1.95 bits per heavy atom. The lowest BCUT2D eigenvalue weighted by Crippen LogP contribution is -2.64. The highest BCUT2D eigenvalue weighted by Crippen LogP contribution is 2.42. The van der Waals surface area contributed by atoms with Gasteiger partial charge in [0.2, 0.25) is 0 Å². The molecule has 3 fully saturated rings. The number of rotatable bonds is 7. The molecule has 1 aliphatic carbocycles. The summed E-state index contributed by atoms with van der Waals surface area (Å²) in [6.45, 7) is 6.08. The predicted octanol–water partition coefficient (Wildman–Crippen LogP) is 3.09. The molecule has 22 heavy (non-hydrogen) atoms. The van der Waals surface area contributed by atoms with E-state index in [0.29, 0.717) is 5.92 Å². The highest BCUT2D eigenvalue weighted by atomic mass is 16.5. The van der Waals surface area contributed by atoms with E-state index >= 15 is 0 Å². The molecule has 3 aliphatic rings. The fraction of sp³-hybridized carbons (Fsp3) is 0.684. The van der Waals surface area contributed by atoms with Crippen LogP contribution >= 0.6 is 0 Å². The summed E-state index contributed by atoms with van der Waals surface area (Å²) in [5, 5.41) is 0. The Labute approximate surface area is 133 Å². The van der Waals surface area contributed by atoms with Crippen molar-refractivity contribution in [3.63, 3.8) is 0 Å². The molecule has 1 atom stereocenters. The summed E-state index contributed by atoms with van der Waals surface area (Å²) >= 11 is 0. The molecule has 1 aromatic rings. The van der Waals surface area contributed by atoms with E-state index in [1.54, 1.807) is 0 Å². The van der Waals surface area contributed by atoms with Crippen molar-refractivity contribution in [2.24, 2.45) is 11.8 Å². The molecular formula is C19H27NO2. The average Bonchev–Trinajstić information content (AvgIpc) is 3.24.